The monoisotopic (exact) mass is 497 g/mol. The highest BCUT2D eigenvalue weighted by atomic mass is 127. The second kappa shape index (κ2) is 9.46. The van der Waals surface area contributed by atoms with Gasteiger partial charge in [0.25, 0.3) is 0 Å². The quantitative estimate of drug-likeness (QED) is 0.301. The molecule has 2 rings (SSSR count). The summed E-state index contributed by atoms with van der Waals surface area (Å²) >= 11 is 2.04. The molecule has 0 radical (unpaired) electrons. The van der Waals surface area contributed by atoms with Crippen LogP contribution in [0.25, 0.3) is 11.2 Å². The van der Waals surface area contributed by atoms with Gasteiger partial charge in [0.1, 0.15) is 18.5 Å². The summed E-state index contributed by atoms with van der Waals surface area (Å²) in [7, 11) is 6.62. The summed E-state index contributed by atoms with van der Waals surface area (Å²) in [5.41, 5.74) is 1.39. The van der Waals surface area contributed by atoms with Gasteiger partial charge in [-0.1, -0.05) is 0 Å². The van der Waals surface area contributed by atoms with E-state index in [4.69, 9.17) is 13.7 Å². The largest absolute Gasteiger partial charge is 0.376 e. The average Bonchev–Trinajstić information content (AvgIpc) is 2.97. The highest BCUT2D eigenvalue weighted by molar-refractivity contribution is 14.2. The number of ether oxygens (including phenoxy) is 2. The number of anilines is 1. The number of hydrogen-bond acceptors (Lipinski definition) is 9. The number of nitrogens with zero attached hydrogens (tertiary/aromatic N) is 5. The normalized spacial score (nSPS) is 14.6. The van der Waals surface area contributed by atoms with Crippen LogP contribution in [0.4, 0.5) is 5.82 Å². The van der Waals surface area contributed by atoms with Crippen LogP contribution in [0.15, 0.2) is 12.7 Å². The van der Waals surface area contributed by atoms with Gasteiger partial charge in [-0.15, -0.1) is 0 Å². The summed E-state index contributed by atoms with van der Waals surface area (Å²) in [6.45, 7) is 3.87. The molecule has 1 N–H and O–H groups in total. The lowest BCUT2D eigenvalue weighted by Gasteiger charge is -2.31. The Morgan fingerprint density at radius 3 is 2.62 bits per heavy atom. The third-order valence-corrected chi connectivity index (χ3v) is 4.60. The average molecular weight is 497 g/mol. The molecule has 0 bridgehead atoms. The lowest BCUT2D eigenvalue weighted by atomic mass is 10.2. The Morgan fingerprint density at radius 2 is 2.04 bits per heavy atom. The number of imidazole rings is 1. The van der Waals surface area contributed by atoms with Crippen molar-refractivity contribution >= 4 is 47.4 Å². The van der Waals surface area contributed by atoms with Crippen LogP contribution in [0.1, 0.15) is 13.8 Å². The van der Waals surface area contributed by atoms with Gasteiger partial charge in [0.05, 0.1) is 28.7 Å². The number of hydrogen-bond donors (Lipinski definition) is 1. The summed E-state index contributed by atoms with van der Waals surface area (Å²) in [5.74, 6) is -0.583. The van der Waals surface area contributed by atoms with Gasteiger partial charge in [-0.2, -0.15) is 0 Å². The van der Waals surface area contributed by atoms with Crippen molar-refractivity contribution in [2.24, 2.45) is 0 Å². The van der Waals surface area contributed by atoms with E-state index in [1.807, 2.05) is 44.8 Å². The van der Waals surface area contributed by atoms with Crippen molar-refractivity contribution < 1.29 is 18.8 Å². The lowest BCUT2D eigenvalue weighted by molar-refractivity contribution is -0.232. The smallest absolute Gasteiger partial charge is 0.165 e. The first-order valence-corrected chi connectivity index (χ1v) is 11.2. The van der Waals surface area contributed by atoms with Crippen LogP contribution in [0, 0.1) is 0 Å². The zero-order valence-electron chi connectivity index (χ0n) is 15.4. The molecular formula is C15H24IN5O4S. The highest BCUT2D eigenvalue weighted by Gasteiger charge is 2.30. The van der Waals surface area contributed by atoms with Crippen molar-refractivity contribution in [3.63, 3.8) is 0 Å². The predicted octanol–water partition coefficient (Wildman–Crippen LogP) is 2.04. The van der Waals surface area contributed by atoms with Gasteiger partial charge < -0.3 is 28.2 Å². The van der Waals surface area contributed by atoms with Crippen LogP contribution in [-0.2, 0) is 20.2 Å². The summed E-state index contributed by atoms with van der Waals surface area (Å²) in [5, 5.41) is 10.1. The van der Waals surface area contributed by atoms with Gasteiger partial charge >= 0.3 is 0 Å². The van der Waals surface area contributed by atoms with Gasteiger partial charge in [-0.3, -0.25) is 0 Å². The topological polar surface area (TPSA) is 94.8 Å². The van der Waals surface area contributed by atoms with Crippen molar-refractivity contribution in [2.75, 3.05) is 32.7 Å². The van der Waals surface area contributed by atoms with Crippen LogP contribution in [0.3, 0.4) is 0 Å². The number of methoxy groups -OCH3 is 1. The standard InChI is InChI=1S/C15H24IN5O4S/c1-15(2,22)25-10(11(23-5)7-24-26-16)6-21-9-19-12-13(20(3)4)17-8-18-14(12)21/h8-11,22H,6-7H2,1-5H3/t10-,11?/m0/s1. The van der Waals surface area contributed by atoms with Gasteiger partial charge in [0.2, 0.25) is 0 Å². The molecule has 146 valence electrons. The van der Waals surface area contributed by atoms with E-state index in [1.54, 1.807) is 27.3 Å². The molecule has 0 saturated carbocycles. The number of halogens is 1. The van der Waals surface area contributed by atoms with Gasteiger partial charge in [-0.05, 0) is 13.8 Å². The molecule has 11 heteroatoms. The molecule has 0 aromatic carbocycles. The molecule has 0 amide bonds. The molecule has 0 spiro atoms. The van der Waals surface area contributed by atoms with Crippen molar-refractivity contribution in [2.45, 2.75) is 38.4 Å². The molecule has 2 atom stereocenters. The third-order valence-electron chi connectivity index (χ3n) is 3.62. The van der Waals surface area contributed by atoms with Gasteiger partial charge in [0, 0.05) is 42.4 Å². The molecule has 9 nitrogen and oxygen atoms in total. The highest BCUT2D eigenvalue weighted by Crippen LogP contribution is 2.23. The first kappa shape index (κ1) is 21.6. The van der Waals surface area contributed by atoms with E-state index < -0.39 is 11.9 Å². The van der Waals surface area contributed by atoms with Crippen LogP contribution in [-0.4, -0.2) is 70.4 Å². The first-order chi connectivity index (χ1) is 12.3. The fourth-order valence-electron chi connectivity index (χ4n) is 2.54. The van der Waals surface area contributed by atoms with E-state index in [1.165, 1.54) is 15.5 Å². The maximum Gasteiger partial charge on any atom is 0.165 e. The zero-order valence-corrected chi connectivity index (χ0v) is 18.4. The third kappa shape index (κ3) is 5.63. The summed E-state index contributed by atoms with van der Waals surface area (Å²) in [6, 6.07) is 0. The Kier molecular flexibility index (Phi) is 7.85. The fourth-order valence-corrected chi connectivity index (χ4v) is 3.17. The molecular weight excluding hydrogens is 473 g/mol. The number of aromatic nitrogens is 4. The lowest BCUT2D eigenvalue weighted by Crippen LogP contribution is -2.43. The van der Waals surface area contributed by atoms with E-state index in [9.17, 15) is 5.11 Å². The summed E-state index contributed by atoms with van der Waals surface area (Å²) in [4.78, 5) is 14.9. The number of aliphatic hydroxyl groups is 1. The van der Waals surface area contributed by atoms with Crippen LogP contribution in [0.5, 0.6) is 0 Å². The Hall–Kier alpha value is -0.730. The SMILES string of the molecule is COC(COSI)[C@H](Cn1cnc2c(N(C)C)ncnc21)OC(C)(C)O. The minimum atomic E-state index is -1.32. The Balaban J connectivity index is 2.32. The molecule has 26 heavy (non-hydrogen) atoms. The van der Waals surface area contributed by atoms with E-state index in [0.717, 1.165) is 5.82 Å². The second-order valence-corrected chi connectivity index (χ2v) is 7.83. The van der Waals surface area contributed by atoms with E-state index in [-0.39, 0.29) is 6.10 Å². The minimum absolute atomic E-state index is 0.315. The predicted molar refractivity (Wildman–Crippen MR) is 109 cm³/mol. The van der Waals surface area contributed by atoms with Crippen molar-refractivity contribution in [1.29, 1.82) is 0 Å². The Labute approximate surface area is 169 Å². The molecule has 0 aliphatic rings. The number of rotatable bonds is 10. The molecule has 2 heterocycles. The maximum absolute atomic E-state index is 10.1. The number of fused-ring (bicyclic) bond motifs is 1. The van der Waals surface area contributed by atoms with Crippen molar-refractivity contribution in [1.82, 2.24) is 19.5 Å². The van der Waals surface area contributed by atoms with Crippen LogP contribution < -0.4 is 4.90 Å². The molecule has 2 aromatic rings. The first-order valence-electron chi connectivity index (χ1n) is 7.93. The Bertz CT molecular complexity index is 709. The van der Waals surface area contributed by atoms with E-state index >= 15 is 0 Å². The van der Waals surface area contributed by atoms with Crippen LogP contribution >= 0.6 is 30.4 Å². The molecule has 2 aromatic heterocycles. The Morgan fingerprint density at radius 1 is 1.31 bits per heavy atom. The van der Waals surface area contributed by atoms with E-state index in [2.05, 4.69) is 15.0 Å². The molecule has 0 aliphatic heterocycles. The summed E-state index contributed by atoms with van der Waals surface area (Å²) < 4.78 is 18.6. The van der Waals surface area contributed by atoms with E-state index in [0.29, 0.717) is 24.3 Å². The van der Waals surface area contributed by atoms with Crippen LogP contribution in [0.2, 0.25) is 0 Å². The maximum atomic E-state index is 10.1. The van der Waals surface area contributed by atoms with Gasteiger partial charge in [-0.25, -0.2) is 15.0 Å². The second-order valence-electron chi connectivity index (χ2n) is 6.39. The fraction of sp³-hybridized carbons (Fsp3) is 0.667. The zero-order chi connectivity index (χ0) is 19.3. The molecule has 0 saturated heterocycles. The molecule has 0 fully saturated rings. The van der Waals surface area contributed by atoms with Crippen molar-refractivity contribution in [3.8, 4) is 0 Å². The summed E-state index contributed by atoms with van der Waals surface area (Å²) in [6.07, 6.45) is 2.34. The van der Waals surface area contributed by atoms with Crippen molar-refractivity contribution in [3.05, 3.63) is 12.7 Å². The van der Waals surface area contributed by atoms with Gasteiger partial charge in [0.15, 0.2) is 22.8 Å². The minimum Gasteiger partial charge on any atom is -0.376 e. The molecule has 0 aliphatic carbocycles. The molecule has 1 unspecified atom stereocenters.